The highest BCUT2D eigenvalue weighted by molar-refractivity contribution is 5.40. The van der Waals surface area contributed by atoms with Gasteiger partial charge in [-0.1, -0.05) is 13.0 Å². The number of rotatable bonds is 0. The molecule has 2 rings (SSSR count). The van der Waals surface area contributed by atoms with E-state index in [1.807, 2.05) is 6.07 Å². The van der Waals surface area contributed by atoms with Crippen molar-refractivity contribution in [2.45, 2.75) is 32.1 Å². The molecule has 0 fully saturated rings. The van der Waals surface area contributed by atoms with Crippen LogP contribution in [-0.4, -0.2) is 0 Å². The lowest BCUT2D eigenvalue weighted by Crippen LogP contribution is -2.06. The van der Waals surface area contributed by atoms with Gasteiger partial charge in [-0.15, -0.1) is 0 Å². The molecule has 66 valence electrons. The molecule has 0 aromatic heterocycles. The zero-order valence-electron chi connectivity index (χ0n) is 7.88. The smallest absolute Gasteiger partial charge is 0.0991 e. The minimum Gasteiger partial charge on any atom is -0.192 e. The van der Waals surface area contributed by atoms with Gasteiger partial charge in [-0.2, -0.15) is 5.26 Å². The number of nitrogens with zero attached hydrogens (tertiary/aromatic N) is 1. The Bertz CT molecular complexity index is 360. The van der Waals surface area contributed by atoms with Gasteiger partial charge in [-0.05, 0) is 48.4 Å². The summed E-state index contributed by atoms with van der Waals surface area (Å²) in [5.74, 6) is 0.636. The van der Waals surface area contributed by atoms with Crippen molar-refractivity contribution in [3.8, 4) is 6.07 Å². The highest BCUT2D eigenvalue weighted by atomic mass is 14.3. The van der Waals surface area contributed by atoms with Crippen LogP contribution in [0.2, 0.25) is 0 Å². The Morgan fingerprint density at radius 3 is 3.08 bits per heavy atom. The van der Waals surface area contributed by atoms with Gasteiger partial charge < -0.3 is 0 Å². The topological polar surface area (TPSA) is 23.8 Å². The van der Waals surface area contributed by atoms with Crippen LogP contribution in [0, 0.1) is 11.3 Å². The summed E-state index contributed by atoms with van der Waals surface area (Å²) in [6.45, 7) is 2.25. The van der Waals surface area contributed by atoms with E-state index in [9.17, 15) is 0 Å². The van der Waals surface area contributed by atoms with Crippen molar-refractivity contribution in [3.63, 3.8) is 0 Å². The summed E-state index contributed by atoms with van der Waals surface area (Å²) in [5.41, 5.74) is 3.63. The van der Waals surface area contributed by atoms with Crippen LogP contribution in [-0.2, 0) is 6.42 Å². The molecule has 0 saturated carbocycles. The molecule has 1 atom stereocenters. The molecule has 0 heterocycles. The summed E-state index contributed by atoms with van der Waals surface area (Å²) in [4.78, 5) is 0. The lowest BCUT2D eigenvalue weighted by Gasteiger charge is -2.22. The summed E-state index contributed by atoms with van der Waals surface area (Å²) >= 11 is 0. The molecule has 1 aromatic rings. The zero-order chi connectivity index (χ0) is 9.26. The Balaban J connectivity index is 2.48. The summed E-state index contributed by atoms with van der Waals surface area (Å²) < 4.78 is 0. The fourth-order valence-electron chi connectivity index (χ4n) is 2.11. The second kappa shape index (κ2) is 3.22. The Kier molecular flexibility index (Phi) is 2.06. The van der Waals surface area contributed by atoms with E-state index in [-0.39, 0.29) is 0 Å². The van der Waals surface area contributed by atoms with Crippen LogP contribution in [0.15, 0.2) is 18.2 Å². The third kappa shape index (κ3) is 1.45. The van der Waals surface area contributed by atoms with Crippen molar-refractivity contribution in [3.05, 3.63) is 34.9 Å². The second-order valence-corrected chi connectivity index (χ2v) is 3.82. The fourth-order valence-corrected chi connectivity index (χ4v) is 2.11. The minimum atomic E-state index is 0.636. The maximum atomic E-state index is 8.78. The molecule has 0 radical (unpaired) electrons. The van der Waals surface area contributed by atoms with Gasteiger partial charge in [-0.3, -0.25) is 0 Å². The number of nitriles is 1. The van der Waals surface area contributed by atoms with E-state index in [1.165, 1.54) is 30.4 Å². The molecule has 0 saturated heterocycles. The van der Waals surface area contributed by atoms with Gasteiger partial charge in [0, 0.05) is 0 Å². The largest absolute Gasteiger partial charge is 0.192 e. The maximum absolute atomic E-state index is 8.78. The third-order valence-electron chi connectivity index (χ3n) is 2.89. The molecule has 1 aliphatic rings. The van der Waals surface area contributed by atoms with Gasteiger partial charge in [0.05, 0.1) is 11.6 Å². The molecule has 13 heavy (non-hydrogen) atoms. The van der Waals surface area contributed by atoms with E-state index in [4.69, 9.17) is 5.26 Å². The van der Waals surface area contributed by atoms with Gasteiger partial charge in [0.2, 0.25) is 0 Å². The number of benzene rings is 1. The van der Waals surface area contributed by atoms with E-state index in [0.29, 0.717) is 5.92 Å². The average Bonchev–Trinajstić information content (AvgIpc) is 2.18. The van der Waals surface area contributed by atoms with Crippen LogP contribution in [0.25, 0.3) is 0 Å². The van der Waals surface area contributed by atoms with Gasteiger partial charge in [0.25, 0.3) is 0 Å². The molecule has 0 amide bonds. The Morgan fingerprint density at radius 2 is 2.31 bits per heavy atom. The molecule has 1 aromatic carbocycles. The maximum Gasteiger partial charge on any atom is 0.0991 e. The summed E-state index contributed by atoms with van der Waals surface area (Å²) in [5, 5.41) is 8.78. The first-order chi connectivity index (χ1) is 6.31. The zero-order valence-corrected chi connectivity index (χ0v) is 7.88. The summed E-state index contributed by atoms with van der Waals surface area (Å²) in [6.07, 6.45) is 3.74. The monoisotopic (exact) mass is 171 g/mol. The van der Waals surface area contributed by atoms with E-state index in [0.717, 1.165) is 5.56 Å². The molecule has 0 bridgehead atoms. The molecule has 0 unspecified atom stereocenters. The van der Waals surface area contributed by atoms with Crippen molar-refractivity contribution >= 4 is 0 Å². The molecule has 1 heteroatoms. The second-order valence-electron chi connectivity index (χ2n) is 3.82. The number of fused-ring (bicyclic) bond motifs is 1. The van der Waals surface area contributed by atoms with Crippen molar-refractivity contribution in [1.82, 2.24) is 0 Å². The summed E-state index contributed by atoms with van der Waals surface area (Å²) in [6, 6.07) is 8.29. The van der Waals surface area contributed by atoms with Crippen molar-refractivity contribution in [1.29, 1.82) is 5.26 Å². The highest BCUT2D eigenvalue weighted by Crippen LogP contribution is 2.31. The predicted octanol–water partition coefficient (Wildman–Crippen LogP) is 3.00. The van der Waals surface area contributed by atoms with E-state index >= 15 is 0 Å². The first-order valence-electron chi connectivity index (χ1n) is 4.84. The molecule has 1 nitrogen and oxygen atoms in total. The Hall–Kier alpha value is -1.29. The number of aryl methyl sites for hydroxylation is 1. The van der Waals surface area contributed by atoms with Crippen LogP contribution in [0.3, 0.4) is 0 Å². The van der Waals surface area contributed by atoms with Crippen LogP contribution in [0.1, 0.15) is 42.4 Å². The summed E-state index contributed by atoms with van der Waals surface area (Å²) in [7, 11) is 0. The van der Waals surface area contributed by atoms with Crippen LogP contribution < -0.4 is 0 Å². The minimum absolute atomic E-state index is 0.636. The Morgan fingerprint density at radius 1 is 1.46 bits per heavy atom. The van der Waals surface area contributed by atoms with E-state index in [2.05, 4.69) is 25.1 Å². The van der Waals surface area contributed by atoms with E-state index in [1.54, 1.807) is 0 Å². The molecular formula is C12H13N. The molecule has 0 N–H and O–H groups in total. The standard InChI is InChI=1S/C12H13N/c1-9-3-2-4-11-6-5-10(8-13)7-12(9)11/h5-7,9H,2-4H2,1H3/t9-/m0/s1. The lowest BCUT2D eigenvalue weighted by molar-refractivity contribution is 0.590. The van der Waals surface area contributed by atoms with Gasteiger partial charge in [0.1, 0.15) is 0 Å². The van der Waals surface area contributed by atoms with E-state index < -0.39 is 0 Å². The first kappa shape index (κ1) is 8.31. The quantitative estimate of drug-likeness (QED) is 0.588. The average molecular weight is 171 g/mol. The van der Waals surface area contributed by atoms with Gasteiger partial charge in [0.15, 0.2) is 0 Å². The van der Waals surface area contributed by atoms with Gasteiger partial charge >= 0.3 is 0 Å². The molecule has 1 aliphatic carbocycles. The molecule has 0 aliphatic heterocycles. The van der Waals surface area contributed by atoms with Crippen LogP contribution >= 0.6 is 0 Å². The number of hydrogen-bond acceptors (Lipinski definition) is 1. The van der Waals surface area contributed by atoms with Crippen molar-refractivity contribution in [2.75, 3.05) is 0 Å². The van der Waals surface area contributed by atoms with Crippen molar-refractivity contribution in [2.24, 2.45) is 0 Å². The van der Waals surface area contributed by atoms with Crippen molar-refractivity contribution < 1.29 is 0 Å². The predicted molar refractivity (Wildman–Crippen MR) is 52.5 cm³/mol. The van der Waals surface area contributed by atoms with Crippen LogP contribution in [0.5, 0.6) is 0 Å². The van der Waals surface area contributed by atoms with Crippen LogP contribution in [0.4, 0.5) is 0 Å². The molecular weight excluding hydrogens is 158 g/mol. The fraction of sp³-hybridized carbons (Fsp3) is 0.417. The first-order valence-corrected chi connectivity index (χ1v) is 4.84. The third-order valence-corrected chi connectivity index (χ3v) is 2.89. The lowest BCUT2D eigenvalue weighted by atomic mass is 9.83. The Labute approximate surface area is 79.0 Å². The normalized spacial score (nSPS) is 20.5. The van der Waals surface area contributed by atoms with Gasteiger partial charge in [-0.25, -0.2) is 0 Å². The highest BCUT2D eigenvalue weighted by Gasteiger charge is 2.15. The SMILES string of the molecule is C[C@H]1CCCc2ccc(C#N)cc21. The molecule has 0 spiro atoms. The number of hydrogen-bond donors (Lipinski definition) is 0.